The second-order valence-corrected chi connectivity index (χ2v) is 6.83. The van der Waals surface area contributed by atoms with Crippen LogP contribution in [-0.4, -0.2) is 55.4 Å². The molecule has 1 aliphatic heterocycles. The Kier molecular flexibility index (Phi) is 4.13. The maximum atomic E-state index is 11.5. The van der Waals surface area contributed by atoms with Crippen molar-refractivity contribution in [3.8, 4) is 0 Å². The smallest absolute Gasteiger partial charge is 0.306 e. The first-order valence-electron chi connectivity index (χ1n) is 5.39. The Morgan fingerprint density at radius 1 is 1.41 bits per heavy atom. The topological polar surface area (TPSA) is 91.8 Å². The van der Waals surface area contributed by atoms with Crippen molar-refractivity contribution in [2.45, 2.75) is 13.3 Å². The fourth-order valence-corrected chi connectivity index (χ4v) is 2.21. The number of carboxylic acid groups (broad SMARTS) is 1. The van der Waals surface area contributed by atoms with Gasteiger partial charge in [0.15, 0.2) is 0 Å². The zero-order valence-electron chi connectivity index (χ0n) is 9.92. The highest BCUT2D eigenvalue weighted by Gasteiger charge is 2.36. The Bertz CT molecular complexity index is 410. The minimum Gasteiger partial charge on any atom is -0.481 e. The number of likely N-dealkylation sites (tertiary alicyclic amines) is 1. The van der Waals surface area contributed by atoms with Gasteiger partial charge in [0.2, 0.25) is 5.91 Å². The monoisotopic (exact) mass is 263 g/mol. The molecule has 17 heavy (non-hydrogen) atoms. The molecule has 0 radical (unpaired) electrons. The van der Waals surface area contributed by atoms with Gasteiger partial charge in [-0.05, 0) is 0 Å². The average molecular weight is 263 g/mol. The zero-order valence-corrected chi connectivity index (χ0v) is 10.7. The molecule has 0 bridgehead atoms. The highest BCUT2D eigenvalue weighted by atomic mass is 32.2. The highest BCUT2D eigenvalue weighted by Crippen LogP contribution is 2.24. The lowest BCUT2D eigenvalue weighted by Gasteiger charge is -2.41. The molecule has 1 fully saturated rings. The number of carbonyl (C=O) groups is 2. The van der Waals surface area contributed by atoms with Gasteiger partial charge in [-0.3, -0.25) is 9.59 Å². The van der Waals surface area contributed by atoms with Crippen LogP contribution in [0.2, 0.25) is 0 Å². The molecule has 1 unspecified atom stereocenters. The van der Waals surface area contributed by atoms with Gasteiger partial charge in [-0.1, -0.05) is 6.92 Å². The van der Waals surface area contributed by atoms with E-state index in [1.54, 1.807) is 6.92 Å². The highest BCUT2D eigenvalue weighted by molar-refractivity contribution is 7.90. The van der Waals surface area contributed by atoms with E-state index in [1.165, 1.54) is 4.90 Å². The largest absolute Gasteiger partial charge is 0.481 e. The number of sulfone groups is 1. The Morgan fingerprint density at radius 3 is 2.35 bits per heavy atom. The van der Waals surface area contributed by atoms with Crippen molar-refractivity contribution in [1.29, 1.82) is 0 Å². The molecule has 0 aromatic heterocycles. The lowest BCUT2D eigenvalue weighted by Crippen LogP contribution is -2.53. The van der Waals surface area contributed by atoms with Gasteiger partial charge < -0.3 is 10.0 Å². The summed E-state index contributed by atoms with van der Waals surface area (Å²) in [5.74, 6) is -1.72. The molecule has 1 aliphatic rings. The van der Waals surface area contributed by atoms with Crippen LogP contribution in [-0.2, 0) is 19.4 Å². The Balaban J connectivity index is 2.33. The lowest BCUT2D eigenvalue weighted by molar-refractivity contribution is -0.150. The first-order valence-corrected chi connectivity index (χ1v) is 7.45. The van der Waals surface area contributed by atoms with Crippen molar-refractivity contribution >= 4 is 21.7 Å². The molecule has 98 valence electrons. The number of amides is 1. The van der Waals surface area contributed by atoms with E-state index in [9.17, 15) is 18.0 Å². The normalized spacial score (nSPS) is 18.6. The van der Waals surface area contributed by atoms with Gasteiger partial charge in [-0.15, -0.1) is 0 Å². The van der Waals surface area contributed by atoms with Gasteiger partial charge in [0.25, 0.3) is 0 Å². The van der Waals surface area contributed by atoms with Gasteiger partial charge in [0.1, 0.15) is 9.84 Å². The van der Waals surface area contributed by atoms with Crippen molar-refractivity contribution < 1.29 is 23.1 Å². The molecule has 1 saturated heterocycles. The third kappa shape index (κ3) is 3.99. The van der Waals surface area contributed by atoms with Crippen molar-refractivity contribution in [1.82, 2.24) is 4.90 Å². The SMILES string of the molecule is CC(C(=O)O)C1CN(C(=O)CCS(C)(=O)=O)C1. The summed E-state index contributed by atoms with van der Waals surface area (Å²) in [7, 11) is -3.12. The number of carboxylic acids is 1. The Hall–Kier alpha value is -1.11. The second kappa shape index (κ2) is 5.03. The van der Waals surface area contributed by atoms with Crippen LogP contribution in [0.4, 0.5) is 0 Å². The fourth-order valence-electron chi connectivity index (χ4n) is 1.66. The van der Waals surface area contributed by atoms with Crippen LogP contribution in [0.3, 0.4) is 0 Å². The summed E-state index contributed by atoms with van der Waals surface area (Å²) in [4.78, 5) is 23.7. The first kappa shape index (κ1) is 14.0. The van der Waals surface area contributed by atoms with E-state index < -0.39 is 21.7 Å². The molecule has 0 spiro atoms. The third-order valence-electron chi connectivity index (χ3n) is 3.05. The van der Waals surface area contributed by atoms with Gasteiger partial charge in [0, 0.05) is 31.7 Å². The molecule has 6 nitrogen and oxygen atoms in total. The van der Waals surface area contributed by atoms with Gasteiger partial charge in [-0.25, -0.2) is 8.42 Å². The van der Waals surface area contributed by atoms with E-state index in [4.69, 9.17) is 5.11 Å². The van der Waals surface area contributed by atoms with Gasteiger partial charge >= 0.3 is 5.97 Å². The van der Waals surface area contributed by atoms with Crippen molar-refractivity contribution in [2.24, 2.45) is 11.8 Å². The summed E-state index contributed by atoms with van der Waals surface area (Å²) in [6, 6.07) is 0. The van der Waals surface area contributed by atoms with Gasteiger partial charge in [-0.2, -0.15) is 0 Å². The molecule has 1 heterocycles. The predicted octanol–water partition coefficient (Wildman–Crippen LogP) is -0.400. The van der Waals surface area contributed by atoms with Crippen LogP contribution in [0.1, 0.15) is 13.3 Å². The summed E-state index contributed by atoms with van der Waals surface area (Å²) >= 11 is 0. The maximum absolute atomic E-state index is 11.5. The van der Waals surface area contributed by atoms with Gasteiger partial charge in [0.05, 0.1) is 11.7 Å². The van der Waals surface area contributed by atoms with Crippen molar-refractivity contribution in [3.63, 3.8) is 0 Å². The minimum atomic E-state index is -3.12. The molecule has 0 aromatic carbocycles. The molecular formula is C10H17NO5S. The lowest BCUT2D eigenvalue weighted by atomic mass is 9.87. The molecule has 0 aliphatic carbocycles. The fraction of sp³-hybridized carbons (Fsp3) is 0.800. The van der Waals surface area contributed by atoms with Crippen LogP contribution >= 0.6 is 0 Å². The van der Waals surface area contributed by atoms with Crippen molar-refractivity contribution in [2.75, 3.05) is 25.1 Å². The van der Waals surface area contributed by atoms with E-state index in [1.807, 2.05) is 0 Å². The summed E-state index contributed by atoms with van der Waals surface area (Å²) in [5, 5.41) is 8.77. The summed E-state index contributed by atoms with van der Waals surface area (Å²) < 4.78 is 21.8. The van der Waals surface area contributed by atoms with Crippen LogP contribution in [0.15, 0.2) is 0 Å². The van der Waals surface area contributed by atoms with E-state index in [0.29, 0.717) is 13.1 Å². The first-order chi connectivity index (χ1) is 7.70. The van der Waals surface area contributed by atoms with E-state index in [2.05, 4.69) is 0 Å². The third-order valence-corrected chi connectivity index (χ3v) is 3.99. The summed E-state index contributed by atoms with van der Waals surface area (Å²) in [6.07, 6.45) is 1.07. The van der Waals surface area contributed by atoms with Crippen molar-refractivity contribution in [3.05, 3.63) is 0 Å². The average Bonchev–Trinajstić information content (AvgIpc) is 2.10. The van der Waals surface area contributed by atoms with E-state index in [0.717, 1.165) is 6.26 Å². The van der Waals surface area contributed by atoms with E-state index in [-0.39, 0.29) is 24.0 Å². The number of rotatable bonds is 5. The Morgan fingerprint density at radius 2 is 1.94 bits per heavy atom. The number of carbonyl (C=O) groups excluding carboxylic acids is 1. The summed E-state index contributed by atoms with van der Waals surface area (Å²) in [6.45, 7) is 2.44. The molecule has 1 rings (SSSR count). The number of nitrogens with zero attached hydrogens (tertiary/aromatic N) is 1. The molecular weight excluding hydrogens is 246 g/mol. The summed E-state index contributed by atoms with van der Waals surface area (Å²) in [5.41, 5.74) is 0. The minimum absolute atomic E-state index is 0.0188. The number of hydrogen-bond donors (Lipinski definition) is 1. The molecule has 0 saturated carbocycles. The quantitative estimate of drug-likeness (QED) is 0.728. The molecule has 1 atom stereocenters. The predicted molar refractivity (Wildman–Crippen MR) is 61.2 cm³/mol. The molecule has 1 N–H and O–H groups in total. The second-order valence-electron chi connectivity index (χ2n) is 4.57. The molecule has 7 heteroatoms. The number of hydrogen-bond acceptors (Lipinski definition) is 4. The molecule has 0 aromatic rings. The van der Waals surface area contributed by atoms with Crippen LogP contribution in [0.5, 0.6) is 0 Å². The zero-order chi connectivity index (χ0) is 13.2. The van der Waals surface area contributed by atoms with Crippen LogP contribution in [0.25, 0.3) is 0 Å². The number of aliphatic carboxylic acids is 1. The molecule has 1 amide bonds. The Labute approximate surface area is 101 Å². The van der Waals surface area contributed by atoms with E-state index >= 15 is 0 Å². The maximum Gasteiger partial charge on any atom is 0.306 e. The van der Waals surface area contributed by atoms with Crippen LogP contribution < -0.4 is 0 Å². The standard InChI is InChI=1S/C10H17NO5S/c1-7(10(13)14)8-5-11(6-8)9(12)3-4-17(2,15)16/h7-8H,3-6H2,1-2H3,(H,13,14). The van der Waals surface area contributed by atoms with Crippen LogP contribution in [0, 0.1) is 11.8 Å².